The van der Waals surface area contributed by atoms with Gasteiger partial charge in [-0.15, -0.1) is 0 Å². The number of carbonyl (C=O) groups excluding carboxylic acids is 1. The third-order valence-corrected chi connectivity index (χ3v) is 2.75. The Hall–Kier alpha value is -2.37. The summed E-state index contributed by atoms with van der Waals surface area (Å²) < 4.78 is 0. The van der Waals surface area contributed by atoms with Gasteiger partial charge in [0.2, 0.25) is 0 Å². The molecule has 0 spiro atoms. The predicted molar refractivity (Wildman–Crippen MR) is 71.2 cm³/mol. The first-order chi connectivity index (χ1) is 9.06. The molecule has 0 saturated carbocycles. The van der Waals surface area contributed by atoms with Crippen molar-refractivity contribution in [3.63, 3.8) is 0 Å². The van der Waals surface area contributed by atoms with E-state index in [-0.39, 0.29) is 18.4 Å². The van der Waals surface area contributed by atoms with Gasteiger partial charge >= 0.3 is 6.09 Å². The third kappa shape index (κ3) is 3.31. The number of carboxylic acid groups (broad SMARTS) is 1. The van der Waals surface area contributed by atoms with E-state index in [0.29, 0.717) is 12.1 Å². The van der Waals surface area contributed by atoms with E-state index in [1.165, 1.54) is 5.01 Å². The van der Waals surface area contributed by atoms with Crippen molar-refractivity contribution in [3.05, 3.63) is 30.3 Å². The Morgan fingerprint density at radius 2 is 2.16 bits per heavy atom. The molecule has 0 aliphatic carbocycles. The number of nitrogens with one attached hydrogen (secondary N) is 1. The second-order valence-corrected chi connectivity index (χ2v) is 4.44. The second-order valence-electron chi connectivity index (χ2n) is 4.44. The molecule has 1 unspecified atom stereocenters. The summed E-state index contributed by atoms with van der Waals surface area (Å²) in [6, 6.07) is 8.90. The number of nitrogens with zero attached hydrogens (tertiary/aromatic N) is 2. The van der Waals surface area contributed by atoms with Gasteiger partial charge in [-0.3, -0.25) is 4.79 Å². The van der Waals surface area contributed by atoms with E-state index in [1.807, 2.05) is 30.3 Å². The summed E-state index contributed by atoms with van der Waals surface area (Å²) in [7, 11) is 0. The number of hydrazone groups is 1. The molecule has 0 aromatic heterocycles. The molecule has 2 amide bonds. The lowest BCUT2D eigenvalue weighted by atomic mass is 10.1. The first kappa shape index (κ1) is 13.1. The number of para-hydroxylation sites is 1. The molecular weight excluding hydrogens is 246 g/mol. The lowest BCUT2D eigenvalue weighted by Crippen LogP contribution is -2.32. The van der Waals surface area contributed by atoms with Crippen molar-refractivity contribution in [2.24, 2.45) is 5.10 Å². The standard InChI is InChI=1S/C13H15N3O3/c1-9(14-13(18)19)7-10-8-12(17)16(15-10)11-5-3-2-4-6-11/h2-6,9,14H,7-8H2,1H3,(H,18,19). The van der Waals surface area contributed by atoms with Crippen LogP contribution in [0.1, 0.15) is 19.8 Å². The van der Waals surface area contributed by atoms with Crippen molar-refractivity contribution >= 4 is 23.4 Å². The molecule has 2 N–H and O–H groups in total. The highest BCUT2D eigenvalue weighted by molar-refractivity contribution is 6.13. The summed E-state index contributed by atoms with van der Waals surface area (Å²) in [5.41, 5.74) is 1.41. The van der Waals surface area contributed by atoms with Crippen LogP contribution in [0.4, 0.5) is 10.5 Å². The van der Waals surface area contributed by atoms with Crippen LogP contribution in [0, 0.1) is 0 Å². The zero-order valence-corrected chi connectivity index (χ0v) is 10.5. The van der Waals surface area contributed by atoms with Gasteiger partial charge in [0, 0.05) is 12.5 Å². The van der Waals surface area contributed by atoms with Gasteiger partial charge in [0.05, 0.1) is 17.8 Å². The molecule has 1 aromatic carbocycles. The van der Waals surface area contributed by atoms with Crippen molar-refractivity contribution < 1.29 is 14.7 Å². The molecule has 0 bridgehead atoms. The second kappa shape index (κ2) is 5.51. The molecule has 1 aliphatic heterocycles. The first-order valence-electron chi connectivity index (χ1n) is 6.00. The monoisotopic (exact) mass is 261 g/mol. The summed E-state index contributed by atoms with van der Waals surface area (Å²) in [6.45, 7) is 1.74. The minimum absolute atomic E-state index is 0.0938. The maximum absolute atomic E-state index is 11.9. The molecule has 19 heavy (non-hydrogen) atoms. The van der Waals surface area contributed by atoms with Gasteiger partial charge in [0.15, 0.2) is 0 Å². The number of anilines is 1. The van der Waals surface area contributed by atoms with Crippen molar-refractivity contribution in [1.82, 2.24) is 5.32 Å². The van der Waals surface area contributed by atoms with Crippen LogP contribution in [0.15, 0.2) is 35.4 Å². The summed E-state index contributed by atoms with van der Waals surface area (Å²) in [5.74, 6) is -0.0938. The SMILES string of the molecule is CC(CC1=NN(c2ccccc2)C(=O)C1)NC(=O)O. The number of hydrogen-bond donors (Lipinski definition) is 2. The first-order valence-corrected chi connectivity index (χ1v) is 6.00. The van der Waals surface area contributed by atoms with Gasteiger partial charge in [-0.2, -0.15) is 5.10 Å². The molecule has 0 fully saturated rings. The maximum atomic E-state index is 11.9. The number of carbonyl (C=O) groups is 2. The molecule has 1 aliphatic rings. The Bertz CT molecular complexity index is 513. The minimum Gasteiger partial charge on any atom is -0.465 e. The highest BCUT2D eigenvalue weighted by Crippen LogP contribution is 2.21. The maximum Gasteiger partial charge on any atom is 0.404 e. The van der Waals surface area contributed by atoms with Crippen molar-refractivity contribution in [2.45, 2.75) is 25.8 Å². The van der Waals surface area contributed by atoms with Crippen LogP contribution < -0.4 is 10.3 Å². The molecule has 0 saturated heterocycles. The predicted octanol–water partition coefficient (Wildman–Crippen LogP) is 1.83. The molecule has 100 valence electrons. The quantitative estimate of drug-likeness (QED) is 0.867. The van der Waals surface area contributed by atoms with E-state index in [4.69, 9.17) is 5.11 Å². The zero-order chi connectivity index (χ0) is 13.8. The summed E-state index contributed by atoms with van der Waals surface area (Å²) >= 11 is 0. The van der Waals surface area contributed by atoms with Crippen molar-refractivity contribution in [1.29, 1.82) is 0 Å². The Morgan fingerprint density at radius 3 is 2.79 bits per heavy atom. The highest BCUT2D eigenvalue weighted by atomic mass is 16.4. The van der Waals surface area contributed by atoms with Crippen LogP contribution in [0.2, 0.25) is 0 Å². The van der Waals surface area contributed by atoms with Crippen molar-refractivity contribution in [2.75, 3.05) is 5.01 Å². The van der Waals surface area contributed by atoms with Crippen LogP contribution in [0.3, 0.4) is 0 Å². The summed E-state index contributed by atoms with van der Waals surface area (Å²) in [4.78, 5) is 22.4. The topological polar surface area (TPSA) is 82.0 Å². The van der Waals surface area contributed by atoms with E-state index in [1.54, 1.807) is 6.92 Å². The van der Waals surface area contributed by atoms with Crippen LogP contribution in [0.5, 0.6) is 0 Å². The van der Waals surface area contributed by atoms with E-state index < -0.39 is 6.09 Å². The molecular formula is C13H15N3O3. The third-order valence-electron chi connectivity index (χ3n) is 2.75. The average molecular weight is 261 g/mol. The fraction of sp³-hybridized carbons (Fsp3) is 0.308. The van der Waals surface area contributed by atoms with Gasteiger partial charge in [-0.1, -0.05) is 18.2 Å². The van der Waals surface area contributed by atoms with Gasteiger partial charge < -0.3 is 10.4 Å². The normalized spacial score (nSPS) is 16.2. The fourth-order valence-corrected chi connectivity index (χ4v) is 1.98. The number of hydrogen-bond acceptors (Lipinski definition) is 3. The van der Waals surface area contributed by atoms with E-state index >= 15 is 0 Å². The van der Waals surface area contributed by atoms with Crippen molar-refractivity contribution in [3.8, 4) is 0 Å². The lowest BCUT2D eigenvalue weighted by molar-refractivity contribution is -0.116. The molecule has 0 radical (unpaired) electrons. The summed E-state index contributed by atoms with van der Waals surface area (Å²) in [6.07, 6.45) is -0.403. The van der Waals surface area contributed by atoms with E-state index in [9.17, 15) is 9.59 Å². The van der Waals surface area contributed by atoms with Gasteiger partial charge in [0.1, 0.15) is 0 Å². The molecule has 6 nitrogen and oxygen atoms in total. The minimum atomic E-state index is -1.07. The lowest BCUT2D eigenvalue weighted by Gasteiger charge is -2.11. The summed E-state index contributed by atoms with van der Waals surface area (Å²) in [5, 5.41) is 16.6. The van der Waals surface area contributed by atoms with E-state index in [2.05, 4.69) is 10.4 Å². The number of rotatable bonds is 4. The number of amides is 2. The number of benzene rings is 1. The van der Waals surface area contributed by atoms with Crippen LogP contribution >= 0.6 is 0 Å². The Balaban J connectivity index is 2.05. The van der Waals surface area contributed by atoms with Gasteiger partial charge in [-0.25, -0.2) is 9.80 Å². The molecule has 6 heteroatoms. The largest absolute Gasteiger partial charge is 0.465 e. The van der Waals surface area contributed by atoms with Crippen LogP contribution in [-0.2, 0) is 4.79 Å². The molecule has 1 atom stereocenters. The molecule has 1 heterocycles. The average Bonchev–Trinajstić information content (AvgIpc) is 2.70. The fourth-order valence-electron chi connectivity index (χ4n) is 1.98. The highest BCUT2D eigenvalue weighted by Gasteiger charge is 2.26. The Labute approximate surface area is 110 Å². The molecule has 1 aromatic rings. The van der Waals surface area contributed by atoms with Gasteiger partial charge in [0.25, 0.3) is 5.91 Å². The smallest absolute Gasteiger partial charge is 0.404 e. The van der Waals surface area contributed by atoms with Crippen LogP contribution in [0.25, 0.3) is 0 Å². The van der Waals surface area contributed by atoms with Crippen LogP contribution in [-0.4, -0.2) is 28.9 Å². The van der Waals surface area contributed by atoms with E-state index in [0.717, 1.165) is 5.69 Å². The Kier molecular flexibility index (Phi) is 3.79. The Morgan fingerprint density at radius 1 is 1.47 bits per heavy atom. The molecule has 2 rings (SSSR count). The zero-order valence-electron chi connectivity index (χ0n) is 10.5. The van der Waals surface area contributed by atoms with Gasteiger partial charge in [-0.05, 0) is 19.1 Å².